The SMILES string of the molecule is CNCCNC(=O)O/N=C(\C)[C@H]1CC[C@H]2[C@@H]3CC[C@H]4C[C@@H](O)CC[C@]4(C)[C@H]3CC[C@]12C. The van der Waals surface area contributed by atoms with Gasteiger partial charge in [0.15, 0.2) is 0 Å². The summed E-state index contributed by atoms with van der Waals surface area (Å²) in [4.78, 5) is 17.1. The molecule has 0 aliphatic heterocycles. The highest BCUT2D eigenvalue weighted by Crippen LogP contribution is 2.67. The summed E-state index contributed by atoms with van der Waals surface area (Å²) in [5, 5.41) is 20.2. The van der Waals surface area contributed by atoms with E-state index in [4.69, 9.17) is 4.84 Å². The molecule has 31 heavy (non-hydrogen) atoms. The van der Waals surface area contributed by atoms with E-state index in [1.165, 1.54) is 38.5 Å². The molecule has 0 aromatic rings. The highest BCUT2D eigenvalue weighted by molar-refractivity contribution is 5.85. The van der Waals surface area contributed by atoms with Crippen LogP contribution in [0.5, 0.6) is 0 Å². The fourth-order valence-electron chi connectivity index (χ4n) is 8.42. The molecule has 6 nitrogen and oxygen atoms in total. The summed E-state index contributed by atoms with van der Waals surface area (Å²) in [6.45, 7) is 8.32. The quantitative estimate of drug-likeness (QED) is 0.261. The fraction of sp³-hybridized carbons (Fsp3) is 0.920. The van der Waals surface area contributed by atoms with E-state index in [-0.39, 0.29) is 11.5 Å². The predicted molar refractivity (Wildman–Crippen MR) is 123 cm³/mol. The zero-order valence-corrected chi connectivity index (χ0v) is 20.0. The zero-order chi connectivity index (χ0) is 22.2. The van der Waals surface area contributed by atoms with E-state index < -0.39 is 6.09 Å². The highest BCUT2D eigenvalue weighted by atomic mass is 16.7. The minimum atomic E-state index is -0.469. The molecular formula is C25H43N3O3. The maximum atomic E-state index is 11.9. The van der Waals surface area contributed by atoms with Gasteiger partial charge in [0.2, 0.25) is 0 Å². The summed E-state index contributed by atoms with van der Waals surface area (Å²) in [6, 6.07) is 0. The summed E-state index contributed by atoms with van der Waals surface area (Å²) < 4.78 is 0. The molecule has 8 atom stereocenters. The largest absolute Gasteiger partial charge is 0.433 e. The lowest BCUT2D eigenvalue weighted by atomic mass is 9.44. The lowest BCUT2D eigenvalue weighted by Crippen LogP contribution is -2.54. The summed E-state index contributed by atoms with van der Waals surface area (Å²) in [5.74, 6) is 3.47. The summed E-state index contributed by atoms with van der Waals surface area (Å²) in [7, 11) is 1.85. The van der Waals surface area contributed by atoms with Crippen LogP contribution in [0, 0.1) is 40.4 Å². The Morgan fingerprint density at radius 3 is 2.55 bits per heavy atom. The van der Waals surface area contributed by atoms with E-state index >= 15 is 0 Å². The lowest BCUT2D eigenvalue weighted by Gasteiger charge is -2.61. The number of hydrogen-bond acceptors (Lipinski definition) is 5. The average molecular weight is 434 g/mol. The fourth-order valence-corrected chi connectivity index (χ4v) is 8.42. The van der Waals surface area contributed by atoms with Crippen molar-refractivity contribution in [2.45, 2.75) is 84.7 Å². The first-order valence-corrected chi connectivity index (χ1v) is 12.6. The van der Waals surface area contributed by atoms with Crippen molar-refractivity contribution in [1.29, 1.82) is 0 Å². The Morgan fingerprint density at radius 2 is 1.77 bits per heavy atom. The summed E-state index contributed by atoms with van der Waals surface area (Å²) in [5.41, 5.74) is 1.66. The topological polar surface area (TPSA) is 83.0 Å². The molecule has 176 valence electrons. The monoisotopic (exact) mass is 433 g/mol. The molecule has 0 saturated heterocycles. The van der Waals surface area contributed by atoms with Crippen molar-refractivity contribution in [3.05, 3.63) is 0 Å². The van der Waals surface area contributed by atoms with E-state index in [0.29, 0.717) is 30.3 Å². The van der Waals surface area contributed by atoms with Crippen molar-refractivity contribution in [2.75, 3.05) is 20.1 Å². The number of hydrogen-bond donors (Lipinski definition) is 3. The van der Waals surface area contributed by atoms with Crippen LogP contribution in [0.4, 0.5) is 4.79 Å². The first-order valence-electron chi connectivity index (χ1n) is 12.6. The van der Waals surface area contributed by atoms with Crippen molar-refractivity contribution in [3.63, 3.8) is 0 Å². The van der Waals surface area contributed by atoms with Crippen molar-refractivity contribution in [1.82, 2.24) is 10.6 Å². The van der Waals surface area contributed by atoms with Crippen molar-refractivity contribution < 1.29 is 14.7 Å². The number of carbonyl (C=O) groups is 1. The van der Waals surface area contributed by atoms with Crippen LogP contribution in [-0.2, 0) is 4.84 Å². The molecule has 0 spiro atoms. The van der Waals surface area contributed by atoms with Crippen molar-refractivity contribution >= 4 is 11.8 Å². The minimum absolute atomic E-state index is 0.0753. The maximum Gasteiger partial charge on any atom is 0.433 e. The predicted octanol–water partition coefficient (Wildman–Crippen LogP) is 4.33. The van der Waals surface area contributed by atoms with Gasteiger partial charge in [0, 0.05) is 19.0 Å². The van der Waals surface area contributed by atoms with Gasteiger partial charge in [0.05, 0.1) is 11.8 Å². The van der Waals surface area contributed by atoms with E-state index in [0.717, 1.165) is 42.7 Å². The second kappa shape index (κ2) is 9.01. The number of fused-ring (bicyclic) bond motifs is 5. The lowest BCUT2D eigenvalue weighted by molar-refractivity contribution is -0.123. The normalized spacial score (nSPS) is 44.7. The van der Waals surface area contributed by atoms with Gasteiger partial charge in [-0.2, -0.15) is 0 Å². The van der Waals surface area contributed by atoms with Crippen LogP contribution in [-0.4, -0.2) is 43.2 Å². The van der Waals surface area contributed by atoms with E-state index in [1.807, 2.05) is 14.0 Å². The van der Waals surface area contributed by atoms with Gasteiger partial charge in [-0.3, -0.25) is 4.84 Å². The average Bonchev–Trinajstić information content (AvgIpc) is 3.10. The molecule has 4 rings (SSSR count). The number of carbonyl (C=O) groups excluding carboxylic acids is 1. The minimum Gasteiger partial charge on any atom is -0.393 e. The van der Waals surface area contributed by atoms with Gasteiger partial charge in [-0.1, -0.05) is 19.0 Å². The van der Waals surface area contributed by atoms with Gasteiger partial charge >= 0.3 is 6.09 Å². The Morgan fingerprint density at radius 1 is 1.03 bits per heavy atom. The first kappa shape index (κ1) is 23.0. The van der Waals surface area contributed by atoms with E-state index in [2.05, 4.69) is 29.6 Å². The van der Waals surface area contributed by atoms with Crippen LogP contribution in [0.1, 0.15) is 78.6 Å². The molecular weight excluding hydrogens is 390 g/mol. The Kier molecular flexibility index (Phi) is 6.69. The van der Waals surface area contributed by atoms with E-state index in [1.54, 1.807) is 0 Å². The van der Waals surface area contributed by atoms with Crippen LogP contribution >= 0.6 is 0 Å². The molecule has 6 heteroatoms. The zero-order valence-electron chi connectivity index (χ0n) is 20.0. The standard InChI is InChI=1S/C25H43N3O3/c1-16(28-31-23(30)27-14-13-26-4)20-7-8-21-19-6-5-17-15-18(29)9-11-24(17,2)22(19)10-12-25(20,21)3/h17-22,26,29H,5-15H2,1-4H3,(H,27,30)/b28-16+/t17-,18-,19-,20+,21-,22-,24-,25+/m0/s1. The van der Waals surface area contributed by atoms with Crippen LogP contribution in [0.2, 0.25) is 0 Å². The Balaban J connectivity index is 1.43. The molecule has 4 aliphatic rings. The third-order valence-corrected chi connectivity index (χ3v) is 10.1. The molecule has 0 heterocycles. The van der Waals surface area contributed by atoms with Gasteiger partial charge in [0.25, 0.3) is 0 Å². The van der Waals surface area contributed by atoms with Crippen LogP contribution in [0.15, 0.2) is 5.16 Å². The van der Waals surface area contributed by atoms with Crippen LogP contribution in [0.25, 0.3) is 0 Å². The van der Waals surface area contributed by atoms with Gasteiger partial charge in [0.1, 0.15) is 0 Å². The highest BCUT2D eigenvalue weighted by Gasteiger charge is 2.60. The number of aliphatic hydroxyl groups excluding tert-OH is 1. The number of likely N-dealkylation sites (N-methyl/N-ethyl adjacent to an activating group) is 1. The molecule has 4 fully saturated rings. The van der Waals surface area contributed by atoms with Crippen molar-refractivity contribution in [3.8, 4) is 0 Å². The maximum absolute atomic E-state index is 11.9. The van der Waals surface area contributed by atoms with Gasteiger partial charge in [-0.05, 0) is 106 Å². The molecule has 0 aromatic heterocycles. The second-order valence-electron chi connectivity index (χ2n) is 11.4. The van der Waals surface area contributed by atoms with Gasteiger partial charge < -0.3 is 15.7 Å². The van der Waals surface area contributed by atoms with E-state index in [9.17, 15) is 9.90 Å². The van der Waals surface area contributed by atoms with Crippen LogP contribution in [0.3, 0.4) is 0 Å². The molecule has 0 aromatic carbocycles. The molecule has 4 aliphatic carbocycles. The second-order valence-corrected chi connectivity index (χ2v) is 11.4. The number of rotatable bonds is 5. The molecule has 0 radical (unpaired) electrons. The smallest absolute Gasteiger partial charge is 0.393 e. The Bertz CT molecular complexity index is 697. The third-order valence-electron chi connectivity index (χ3n) is 10.1. The summed E-state index contributed by atoms with van der Waals surface area (Å²) in [6.07, 6.45) is 10.2. The first-order chi connectivity index (χ1) is 14.8. The van der Waals surface area contributed by atoms with Crippen LogP contribution < -0.4 is 10.6 Å². The number of nitrogens with one attached hydrogen (secondary N) is 2. The molecule has 0 bridgehead atoms. The molecule has 4 saturated carbocycles. The third kappa shape index (κ3) is 4.15. The Labute approximate surface area is 187 Å². The molecule has 1 amide bonds. The summed E-state index contributed by atoms with van der Waals surface area (Å²) >= 11 is 0. The molecule has 0 unspecified atom stereocenters. The number of nitrogens with zero attached hydrogens (tertiary/aromatic N) is 1. The number of oxime groups is 1. The van der Waals surface area contributed by atoms with Crippen molar-refractivity contribution in [2.24, 2.45) is 45.6 Å². The Hall–Kier alpha value is -1.14. The van der Waals surface area contributed by atoms with Gasteiger partial charge in [-0.25, -0.2) is 4.79 Å². The van der Waals surface area contributed by atoms with Gasteiger partial charge in [-0.15, -0.1) is 0 Å². The molecule has 3 N–H and O–H groups in total. The number of aliphatic hydroxyl groups is 1. The number of amides is 1.